The fourth-order valence-electron chi connectivity index (χ4n) is 1.82. The van der Waals surface area contributed by atoms with Gasteiger partial charge in [0.2, 0.25) is 0 Å². The van der Waals surface area contributed by atoms with E-state index in [1.165, 1.54) is 0 Å². The van der Waals surface area contributed by atoms with Crippen LogP contribution in [0.2, 0.25) is 5.02 Å². The van der Waals surface area contributed by atoms with Crippen molar-refractivity contribution in [2.24, 2.45) is 5.73 Å². The molecule has 0 heterocycles. The van der Waals surface area contributed by atoms with Gasteiger partial charge in [-0.1, -0.05) is 41.9 Å². The third-order valence-electron chi connectivity index (χ3n) is 2.78. The summed E-state index contributed by atoms with van der Waals surface area (Å²) in [7, 11) is 0. The molecule has 1 atom stereocenters. The van der Waals surface area contributed by atoms with E-state index in [-0.39, 0.29) is 5.82 Å². The van der Waals surface area contributed by atoms with E-state index in [1.807, 2.05) is 18.2 Å². The summed E-state index contributed by atoms with van der Waals surface area (Å²) in [5.74, 6) is -0.308. The minimum absolute atomic E-state index is 0.308. The van der Waals surface area contributed by atoms with Crippen LogP contribution in [-0.4, -0.2) is 0 Å². The largest absolute Gasteiger partial charge is 0.324 e. The monoisotopic (exact) mass is 327 g/mol. The Morgan fingerprint density at radius 1 is 1.17 bits per heavy atom. The molecule has 0 aliphatic rings. The Hall–Kier alpha value is -0.900. The van der Waals surface area contributed by atoms with E-state index >= 15 is 0 Å². The van der Waals surface area contributed by atoms with Gasteiger partial charge >= 0.3 is 0 Å². The number of nitrogens with two attached hydrogens (primary N) is 1. The number of hydrogen-bond donors (Lipinski definition) is 1. The van der Waals surface area contributed by atoms with Crippen molar-refractivity contribution < 1.29 is 4.39 Å². The number of benzene rings is 2. The SMILES string of the molecule is NC(Cc1ccccc1Cl)c1cccc(Br)c1F. The first kappa shape index (κ1) is 13.5. The lowest BCUT2D eigenvalue weighted by atomic mass is 9.99. The summed E-state index contributed by atoms with van der Waals surface area (Å²) in [6.07, 6.45) is 0.507. The van der Waals surface area contributed by atoms with Crippen LogP contribution < -0.4 is 5.73 Å². The van der Waals surface area contributed by atoms with Crippen molar-refractivity contribution in [2.45, 2.75) is 12.5 Å². The van der Waals surface area contributed by atoms with Crippen molar-refractivity contribution in [1.82, 2.24) is 0 Å². The second-order valence-electron chi connectivity index (χ2n) is 4.05. The Morgan fingerprint density at radius 2 is 1.89 bits per heavy atom. The van der Waals surface area contributed by atoms with Gasteiger partial charge in [0, 0.05) is 16.6 Å². The van der Waals surface area contributed by atoms with Gasteiger partial charge in [0.05, 0.1) is 4.47 Å². The zero-order valence-electron chi connectivity index (χ0n) is 9.54. The van der Waals surface area contributed by atoms with Gasteiger partial charge in [-0.15, -0.1) is 0 Å². The van der Waals surface area contributed by atoms with Gasteiger partial charge in [0.15, 0.2) is 0 Å². The van der Waals surface area contributed by atoms with Gasteiger partial charge < -0.3 is 5.73 Å². The maximum atomic E-state index is 13.9. The molecule has 0 aromatic heterocycles. The summed E-state index contributed by atoms with van der Waals surface area (Å²) in [4.78, 5) is 0. The van der Waals surface area contributed by atoms with Gasteiger partial charge in [-0.25, -0.2) is 4.39 Å². The summed E-state index contributed by atoms with van der Waals surface area (Å²) in [6, 6.07) is 12.2. The maximum Gasteiger partial charge on any atom is 0.142 e. The highest BCUT2D eigenvalue weighted by Crippen LogP contribution is 2.26. The number of halogens is 3. The topological polar surface area (TPSA) is 26.0 Å². The van der Waals surface area contributed by atoms with Crippen LogP contribution in [0.1, 0.15) is 17.2 Å². The van der Waals surface area contributed by atoms with E-state index in [1.54, 1.807) is 24.3 Å². The molecular weight excluding hydrogens is 317 g/mol. The lowest BCUT2D eigenvalue weighted by molar-refractivity contribution is 0.575. The molecule has 2 N–H and O–H groups in total. The molecule has 2 aromatic carbocycles. The lowest BCUT2D eigenvalue weighted by Gasteiger charge is -2.14. The molecule has 0 fully saturated rings. The first-order valence-corrected chi connectivity index (χ1v) is 6.69. The Balaban J connectivity index is 2.25. The van der Waals surface area contributed by atoms with Crippen LogP contribution in [0, 0.1) is 5.82 Å². The molecule has 4 heteroatoms. The lowest BCUT2D eigenvalue weighted by Crippen LogP contribution is -2.15. The van der Waals surface area contributed by atoms with E-state index < -0.39 is 6.04 Å². The highest BCUT2D eigenvalue weighted by molar-refractivity contribution is 9.10. The van der Waals surface area contributed by atoms with E-state index in [9.17, 15) is 4.39 Å². The molecule has 0 aliphatic heterocycles. The molecule has 1 nitrogen and oxygen atoms in total. The molecular formula is C14H12BrClFN. The van der Waals surface area contributed by atoms with Crippen molar-refractivity contribution >= 4 is 27.5 Å². The van der Waals surface area contributed by atoms with Crippen LogP contribution in [0.4, 0.5) is 4.39 Å². The molecule has 1 unspecified atom stereocenters. The van der Waals surface area contributed by atoms with Crippen LogP contribution in [0.25, 0.3) is 0 Å². The fourth-order valence-corrected chi connectivity index (χ4v) is 2.41. The third-order valence-corrected chi connectivity index (χ3v) is 3.76. The Bertz CT molecular complexity index is 559. The number of rotatable bonds is 3. The zero-order valence-corrected chi connectivity index (χ0v) is 11.9. The standard InChI is InChI=1S/C14H12BrClFN/c15-11-6-3-5-10(14(11)17)13(18)8-9-4-1-2-7-12(9)16/h1-7,13H,8,18H2. The molecule has 0 spiro atoms. The van der Waals surface area contributed by atoms with Crippen LogP contribution in [0.5, 0.6) is 0 Å². The minimum atomic E-state index is -0.414. The molecule has 0 bridgehead atoms. The molecule has 18 heavy (non-hydrogen) atoms. The van der Waals surface area contributed by atoms with Gasteiger partial charge in [-0.2, -0.15) is 0 Å². The number of hydrogen-bond acceptors (Lipinski definition) is 1. The second kappa shape index (κ2) is 5.83. The average Bonchev–Trinajstić information content (AvgIpc) is 2.35. The molecule has 0 aliphatic carbocycles. The van der Waals surface area contributed by atoms with Crippen molar-refractivity contribution in [3.05, 3.63) is 68.9 Å². The second-order valence-corrected chi connectivity index (χ2v) is 5.31. The predicted molar refractivity (Wildman–Crippen MR) is 76.2 cm³/mol. The summed E-state index contributed by atoms with van der Waals surface area (Å²) < 4.78 is 14.3. The molecule has 94 valence electrons. The first-order valence-electron chi connectivity index (χ1n) is 5.52. The van der Waals surface area contributed by atoms with Crippen molar-refractivity contribution in [3.63, 3.8) is 0 Å². The van der Waals surface area contributed by atoms with Gasteiger partial charge in [-0.05, 0) is 40.0 Å². The van der Waals surface area contributed by atoms with Gasteiger partial charge in [0.25, 0.3) is 0 Å². The molecule has 0 saturated carbocycles. The van der Waals surface area contributed by atoms with Crippen LogP contribution in [0.15, 0.2) is 46.9 Å². The van der Waals surface area contributed by atoms with Gasteiger partial charge in [0.1, 0.15) is 5.82 Å². The smallest absolute Gasteiger partial charge is 0.142 e. The molecule has 2 aromatic rings. The van der Waals surface area contributed by atoms with E-state index in [4.69, 9.17) is 17.3 Å². The third kappa shape index (κ3) is 2.91. The highest BCUT2D eigenvalue weighted by atomic mass is 79.9. The van der Waals surface area contributed by atoms with Crippen LogP contribution in [-0.2, 0) is 6.42 Å². The summed E-state index contributed by atoms with van der Waals surface area (Å²) in [6.45, 7) is 0. The predicted octanol–water partition coefficient (Wildman–Crippen LogP) is 4.48. The normalized spacial score (nSPS) is 12.4. The summed E-state index contributed by atoms with van der Waals surface area (Å²) in [5.41, 5.74) is 7.46. The Labute approximate surface area is 119 Å². The van der Waals surface area contributed by atoms with Crippen LogP contribution in [0.3, 0.4) is 0 Å². The molecule has 0 amide bonds. The zero-order chi connectivity index (χ0) is 13.1. The minimum Gasteiger partial charge on any atom is -0.324 e. The highest BCUT2D eigenvalue weighted by Gasteiger charge is 2.15. The average molecular weight is 329 g/mol. The fraction of sp³-hybridized carbons (Fsp3) is 0.143. The van der Waals surface area contributed by atoms with Crippen molar-refractivity contribution in [1.29, 1.82) is 0 Å². The summed E-state index contributed by atoms with van der Waals surface area (Å²) >= 11 is 9.23. The molecule has 0 radical (unpaired) electrons. The van der Waals surface area contributed by atoms with Crippen molar-refractivity contribution in [2.75, 3.05) is 0 Å². The van der Waals surface area contributed by atoms with Crippen LogP contribution >= 0.6 is 27.5 Å². The Kier molecular flexibility index (Phi) is 4.38. The quantitative estimate of drug-likeness (QED) is 0.883. The van der Waals surface area contributed by atoms with E-state index in [0.29, 0.717) is 21.5 Å². The maximum absolute atomic E-state index is 13.9. The summed E-state index contributed by atoms with van der Waals surface area (Å²) in [5, 5.41) is 0.656. The van der Waals surface area contributed by atoms with E-state index in [2.05, 4.69) is 15.9 Å². The molecule has 0 saturated heterocycles. The molecule has 2 rings (SSSR count). The van der Waals surface area contributed by atoms with Crippen molar-refractivity contribution in [3.8, 4) is 0 Å². The first-order chi connectivity index (χ1) is 8.59. The van der Waals surface area contributed by atoms with E-state index in [0.717, 1.165) is 5.56 Å². The van der Waals surface area contributed by atoms with Gasteiger partial charge in [-0.3, -0.25) is 0 Å². The Morgan fingerprint density at radius 3 is 2.61 bits per heavy atom.